The molecule has 2 aromatic rings. The fraction of sp³-hybridized carbons (Fsp3) is 0.571. The highest BCUT2D eigenvalue weighted by molar-refractivity contribution is 6.30. The van der Waals surface area contributed by atoms with Crippen LogP contribution in [0.5, 0.6) is 0 Å². The monoisotopic (exact) mass is 375 g/mol. The highest BCUT2D eigenvalue weighted by Crippen LogP contribution is 2.35. The molecular weight excluding hydrogens is 346 g/mol. The lowest BCUT2D eigenvalue weighted by Gasteiger charge is -2.40. The number of hydrogen-bond donors (Lipinski definition) is 2. The molecule has 1 fully saturated rings. The number of aryl methyl sites for hydroxylation is 1. The first-order chi connectivity index (χ1) is 12.6. The lowest BCUT2D eigenvalue weighted by Crippen LogP contribution is -2.42. The number of H-pyrrole nitrogens is 1. The van der Waals surface area contributed by atoms with Gasteiger partial charge in [-0.3, -0.25) is 4.90 Å². The topological polar surface area (TPSA) is 52.1 Å². The number of aliphatic hydroxyl groups excluding tert-OH is 1. The minimum Gasteiger partial charge on any atom is -0.396 e. The molecule has 1 saturated heterocycles. The van der Waals surface area contributed by atoms with Crippen molar-refractivity contribution in [1.29, 1.82) is 0 Å². The van der Waals surface area contributed by atoms with E-state index in [0.29, 0.717) is 0 Å². The number of unbranched alkanes of at least 4 members (excludes halogenated alkanes) is 1. The second-order valence-corrected chi connectivity index (χ2v) is 8.13. The van der Waals surface area contributed by atoms with Gasteiger partial charge in [0.05, 0.1) is 0 Å². The van der Waals surface area contributed by atoms with Gasteiger partial charge in [-0.25, -0.2) is 4.98 Å². The Morgan fingerprint density at radius 1 is 1.23 bits per heavy atom. The fourth-order valence-electron chi connectivity index (χ4n) is 3.81. The molecule has 0 saturated carbocycles. The van der Waals surface area contributed by atoms with Crippen LogP contribution in [0, 0.1) is 5.41 Å². The summed E-state index contributed by atoms with van der Waals surface area (Å²) in [5.41, 5.74) is 2.45. The molecule has 0 spiro atoms. The zero-order valence-corrected chi connectivity index (χ0v) is 16.4. The molecular formula is C21H30ClN3O. The number of aliphatic hydroxyl groups is 1. The summed E-state index contributed by atoms with van der Waals surface area (Å²) >= 11 is 5.98. The Hall–Kier alpha value is -1.36. The summed E-state index contributed by atoms with van der Waals surface area (Å²) < 4.78 is 0. The number of imidazole rings is 1. The molecule has 2 heterocycles. The normalized spacial score (nSPS) is 17.5. The molecule has 0 atom stereocenters. The van der Waals surface area contributed by atoms with Crippen molar-refractivity contribution >= 4 is 11.6 Å². The molecule has 1 aromatic heterocycles. The number of aromatic nitrogens is 2. The summed E-state index contributed by atoms with van der Waals surface area (Å²) in [6.07, 6.45) is 8.34. The van der Waals surface area contributed by atoms with Crippen LogP contribution in [-0.2, 0) is 19.4 Å². The first-order valence-corrected chi connectivity index (χ1v) is 10.1. The van der Waals surface area contributed by atoms with Crippen LogP contribution < -0.4 is 0 Å². The average molecular weight is 376 g/mol. The van der Waals surface area contributed by atoms with E-state index in [2.05, 4.69) is 33.9 Å². The number of halogens is 1. The molecule has 1 aliphatic rings. The number of rotatable bonds is 8. The van der Waals surface area contributed by atoms with E-state index in [0.717, 1.165) is 56.2 Å². The summed E-state index contributed by atoms with van der Waals surface area (Å²) in [6, 6.07) is 8.03. The highest BCUT2D eigenvalue weighted by atomic mass is 35.5. The van der Waals surface area contributed by atoms with E-state index in [9.17, 15) is 5.11 Å². The third kappa shape index (κ3) is 5.09. The molecule has 5 heteroatoms. The number of hydrogen-bond acceptors (Lipinski definition) is 3. The van der Waals surface area contributed by atoms with Gasteiger partial charge in [0.25, 0.3) is 0 Å². The molecule has 0 amide bonds. The van der Waals surface area contributed by atoms with Crippen LogP contribution in [-0.4, -0.2) is 39.7 Å². The Morgan fingerprint density at radius 3 is 2.62 bits per heavy atom. The third-order valence-electron chi connectivity index (χ3n) is 5.59. The first kappa shape index (κ1) is 19.4. The van der Waals surface area contributed by atoms with Crippen LogP contribution in [0.15, 0.2) is 30.5 Å². The van der Waals surface area contributed by atoms with Crippen LogP contribution in [0.2, 0.25) is 5.02 Å². The van der Waals surface area contributed by atoms with Gasteiger partial charge in [0.15, 0.2) is 0 Å². The fourth-order valence-corrected chi connectivity index (χ4v) is 3.94. The maximum atomic E-state index is 10.1. The summed E-state index contributed by atoms with van der Waals surface area (Å²) in [7, 11) is 0. The minimum atomic E-state index is -0.00932. The maximum Gasteiger partial charge on any atom is 0.106 e. The zero-order valence-electron chi connectivity index (χ0n) is 15.7. The lowest BCUT2D eigenvalue weighted by atomic mass is 9.74. The Bertz CT molecular complexity index is 675. The number of nitrogens with zero attached hydrogens (tertiary/aromatic N) is 2. The Labute approximate surface area is 161 Å². The van der Waals surface area contributed by atoms with Crippen LogP contribution in [0.25, 0.3) is 0 Å². The van der Waals surface area contributed by atoms with Gasteiger partial charge in [-0.05, 0) is 61.9 Å². The van der Waals surface area contributed by atoms with E-state index < -0.39 is 0 Å². The Balaban J connectivity index is 1.53. The predicted molar refractivity (Wildman–Crippen MR) is 106 cm³/mol. The van der Waals surface area contributed by atoms with E-state index in [1.165, 1.54) is 24.1 Å². The molecule has 4 nitrogen and oxygen atoms in total. The Kier molecular flexibility index (Phi) is 6.74. The molecule has 0 bridgehead atoms. The lowest BCUT2D eigenvalue weighted by molar-refractivity contribution is 0.0410. The Morgan fingerprint density at radius 2 is 1.96 bits per heavy atom. The van der Waals surface area contributed by atoms with Crippen LogP contribution in [0.3, 0.4) is 0 Å². The van der Waals surface area contributed by atoms with E-state index >= 15 is 0 Å². The van der Waals surface area contributed by atoms with E-state index in [-0.39, 0.29) is 12.0 Å². The largest absolute Gasteiger partial charge is 0.396 e. The minimum absolute atomic E-state index is 0.00932. The second kappa shape index (κ2) is 9.03. The van der Waals surface area contributed by atoms with Gasteiger partial charge < -0.3 is 10.1 Å². The van der Waals surface area contributed by atoms with E-state index in [4.69, 9.17) is 11.6 Å². The van der Waals surface area contributed by atoms with Gasteiger partial charge in [0.1, 0.15) is 5.82 Å². The number of likely N-dealkylation sites (tertiary alicyclic amines) is 1. The summed E-state index contributed by atoms with van der Waals surface area (Å²) in [5.74, 6) is 1.10. The number of aromatic amines is 1. The molecule has 3 rings (SSSR count). The number of benzene rings is 1. The molecule has 1 aliphatic heterocycles. The van der Waals surface area contributed by atoms with Crippen molar-refractivity contribution in [2.45, 2.75) is 52.0 Å². The van der Waals surface area contributed by atoms with Gasteiger partial charge in [-0.2, -0.15) is 0 Å². The van der Waals surface area contributed by atoms with E-state index in [1.807, 2.05) is 18.3 Å². The molecule has 26 heavy (non-hydrogen) atoms. The van der Waals surface area contributed by atoms with E-state index in [1.54, 1.807) is 0 Å². The van der Waals surface area contributed by atoms with Crippen LogP contribution >= 0.6 is 11.6 Å². The molecule has 0 unspecified atom stereocenters. The van der Waals surface area contributed by atoms with Gasteiger partial charge in [-0.1, -0.05) is 37.1 Å². The second-order valence-electron chi connectivity index (χ2n) is 7.70. The molecule has 0 aliphatic carbocycles. The molecule has 142 valence electrons. The van der Waals surface area contributed by atoms with Crippen molar-refractivity contribution in [2.75, 3.05) is 19.7 Å². The van der Waals surface area contributed by atoms with Crippen molar-refractivity contribution in [2.24, 2.45) is 5.41 Å². The highest BCUT2D eigenvalue weighted by Gasteiger charge is 2.34. The molecule has 2 N–H and O–H groups in total. The quantitative estimate of drug-likeness (QED) is 0.726. The van der Waals surface area contributed by atoms with Gasteiger partial charge in [0, 0.05) is 36.5 Å². The standard InChI is InChI=1S/C21H30ClN3O/c1-2-3-4-20-23-14-19(24-20)15-25-11-9-21(16-26,10-12-25)13-17-5-7-18(22)8-6-17/h5-8,14,26H,2-4,9-13,15-16H2,1H3,(H,23,24). The van der Waals surface area contributed by atoms with Gasteiger partial charge in [-0.15, -0.1) is 0 Å². The third-order valence-corrected chi connectivity index (χ3v) is 5.84. The van der Waals surface area contributed by atoms with Crippen LogP contribution in [0.1, 0.15) is 49.7 Å². The van der Waals surface area contributed by atoms with Crippen molar-refractivity contribution in [3.8, 4) is 0 Å². The van der Waals surface area contributed by atoms with Crippen molar-refractivity contribution in [3.05, 3.63) is 52.6 Å². The van der Waals surface area contributed by atoms with Crippen molar-refractivity contribution in [1.82, 2.24) is 14.9 Å². The summed E-state index contributed by atoms with van der Waals surface area (Å²) in [5, 5.41) is 10.8. The maximum absolute atomic E-state index is 10.1. The average Bonchev–Trinajstić information content (AvgIpc) is 3.11. The molecule has 0 radical (unpaired) electrons. The first-order valence-electron chi connectivity index (χ1n) is 9.73. The number of nitrogens with one attached hydrogen (secondary N) is 1. The number of piperidine rings is 1. The zero-order chi connectivity index (χ0) is 18.4. The van der Waals surface area contributed by atoms with Crippen LogP contribution in [0.4, 0.5) is 0 Å². The SMILES string of the molecule is CCCCc1ncc(CN2CCC(CO)(Cc3ccc(Cl)cc3)CC2)[nH]1. The summed E-state index contributed by atoms with van der Waals surface area (Å²) in [4.78, 5) is 10.4. The van der Waals surface area contributed by atoms with Crippen molar-refractivity contribution < 1.29 is 5.11 Å². The van der Waals surface area contributed by atoms with Crippen molar-refractivity contribution in [3.63, 3.8) is 0 Å². The summed E-state index contributed by atoms with van der Waals surface area (Å²) in [6.45, 7) is 5.39. The molecule has 1 aromatic carbocycles. The van der Waals surface area contributed by atoms with Gasteiger partial charge >= 0.3 is 0 Å². The smallest absolute Gasteiger partial charge is 0.106 e. The van der Waals surface area contributed by atoms with Gasteiger partial charge in [0.2, 0.25) is 0 Å². The predicted octanol–water partition coefficient (Wildman–Crippen LogP) is 4.22.